The molecule has 1 fully saturated rings. The van der Waals surface area contributed by atoms with Gasteiger partial charge in [-0.05, 0) is 80.7 Å². The zero-order valence-electron chi connectivity index (χ0n) is 21.3. The molecule has 0 bridgehead atoms. The lowest BCUT2D eigenvalue weighted by molar-refractivity contribution is 0.162. The summed E-state index contributed by atoms with van der Waals surface area (Å²) in [5.41, 5.74) is 2.01. The third kappa shape index (κ3) is 7.18. The Kier molecular flexibility index (Phi) is 7.80. The summed E-state index contributed by atoms with van der Waals surface area (Å²) < 4.78 is 31.7. The Balaban J connectivity index is 1.45. The molecule has 3 aromatic rings. The highest BCUT2D eigenvalue weighted by molar-refractivity contribution is 7.91. The Morgan fingerprint density at radius 1 is 1.03 bits per heavy atom. The number of rotatable bonds is 8. The molecule has 0 spiro atoms. The molecular weight excluding hydrogens is 474 g/mol. The van der Waals surface area contributed by atoms with Crippen molar-refractivity contribution in [2.45, 2.75) is 51.5 Å². The summed E-state index contributed by atoms with van der Waals surface area (Å²) in [6.07, 6.45) is 4.00. The van der Waals surface area contributed by atoms with Crippen LogP contribution in [0.3, 0.4) is 0 Å². The molecule has 2 heterocycles. The van der Waals surface area contributed by atoms with Crippen molar-refractivity contribution >= 4 is 33.0 Å². The van der Waals surface area contributed by atoms with E-state index in [4.69, 9.17) is 4.74 Å². The highest BCUT2D eigenvalue weighted by atomic mass is 32.2. The van der Waals surface area contributed by atoms with Crippen LogP contribution in [-0.2, 0) is 9.84 Å². The third-order valence-corrected chi connectivity index (χ3v) is 7.97. The molecule has 8 nitrogen and oxygen atoms in total. The molecule has 3 N–H and O–H groups in total. The fourth-order valence-corrected chi connectivity index (χ4v) is 5.94. The Labute approximate surface area is 213 Å². The molecule has 1 aliphatic rings. The molecule has 0 radical (unpaired) electrons. The molecule has 0 aliphatic carbocycles. The van der Waals surface area contributed by atoms with Crippen LogP contribution in [-0.4, -0.2) is 43.3 Å². The van der Waals surface area contributed by atoms with Crippen LogP contribution in [0, 0.1) is 12.3 Å². The maximum atomic E-state index is 12.8. The number of aromatic nitrogens is 2. The first-order valence-corrected chi connectivity index (χ1v) is 13.9. The number of anilines is 4. The summed E-state index contributed by atoms with van der Waals surface area (Å²) >= 11 is 0. The number of aryl methyl sites for hydroxylation is 1. The molecule has 192 valence electrons. The van der Waals surface area contributed by atoms with E-state index in [1.54, 1.807) is 24.4 Å². The molecule has 1 aromatic heterocycles. The van der Waals surface area contributed by atoms with Crippen molar-refractivity contribution in [1.29, 1.82) is 0 Å². The summed E-state index contributed by atoms with van der Waals surface area (Å²) in [6, 6.07) is 14.6. The van der Waals surface area contributed by atoms with Gasteiger partial charge in [-0.1, -0.05) is 26.8 Å². The molecule has 9 heteroatoms. The molecule has 0 atom stereocenters. The second kappa shape index (κ2) is 10.8. The molecule has 0 saturated carbocycles. The minimum atomic E-state index is -3.40. The van der Waals surface area contributed by atoms with Crippen molar-refractivity contribution in [3.8, 4) is 5.75 Å². The van der Waals surface area contributed by atoms with Gasteiger partial charge in [0.15, 0.2) is 9.84 Å². The van der Waals surface area contributed by atoms with Crippen LogP contribution in [0.25, 0.3) is 0 Å². The summed E-state index contributed by atoms with van der Waals surface area (Å²) in [5.74, 6) is 1.96. The van der Waals surface area contributed by atoms with Gasteiger partial charge in [0.05, 0.1) is 10.6 Å². The van der Waals surface area contributed by atoms with Gasteiger partial charge in [0.1, 0.15) is 17.7 Å². The largest absolute Gasteiger partial charge is 0.490 e. The fraction of sp³-hybridized carbons (Fsp3) is 0.407. The number of piperidine rings is 1. The van der Waals surface area contributed by atoms with E-state index in [0.29, 0.717) is 22.3 Å². The number of sulfone groups is 1. The predicted octanol–water partition coefficient (Wildman–Crippen LogP) is 5.22. The fourth-order valence-electron chi connectivity index (χ4n) is 4.04. The minimum Gasteiger partial charge on any atom is -0.490 e. The number of hydrogen-bond donors (Lipinski definition) is 3. The minimum absolute atomic E-state index is 0.0751. The summed E-state index contributed by atoms with van der Waals surface area (Å²) in [4.78, 5) is 9.29. The highest BCUT2D eigenvalue weighted by Crippen LogP contribution is 2.27. The van der Waals surface area contributed by atoms with Crippen molar-refractivity contribution < 1.29 is 13.2 Å². The monoisotopic (exact) mass is 509 g/mol. The number of nitrogens with one attached hydrogen (secondary N) is 3. The van der Waals surface area contributed by atoms with E-state index in [1.165, 1.54) is 0 Å². The van der Waals surface area contributed by atoms with Gasteiger partial charge in [0.25, 0.3) is 0 Å². The van der Waals surface area contributed by atoms with Gasteiger partial charge >= 0.3 is 0 Å². The first kappa shape index (κ1) is 25.9. The quantitative estimate of drug-likeness (QED) is 0.379. The van der Waals surface area contributed by atoms with Gasteiger partial charge < -0.3 is 20.7 Å². The van der Waals surface area contributed by atoms with E-state index in [2.05, 4.69) is 25.9 Å². The van der Waals surface area contributed by atoms with E-state index >= 15 is 0 Å². The molecule has 2 aromatic carbocycles. The van der Waals surface area contributed by atoms with E-state index in [0.717, 1.165) is 42.9 Å². The van der Waals surface area contributed by atoms with Crippen molar-refractivity contribution in [2.24, 2.45) is 5.41 Å². The Hall–Kier alpha value is -3.17. The van der Waals surface area contributed by atoms with Crippen LogP contribution in [0.15, 0.2) is 59.6 Å². The first-order chi connectivity index (χ1) is 17.1. The van der Waals surface area contributed by atoms with Gasteiger partial charge in [-0.3, -0.25) is 0 Å². The average molecular weight is 510 g/mol. The van der Waals surface area contributed by atoms with Crippen LogP contribution >= 0.6 is 0 Å². The predicted molar refractivity (Wildman–Crippen MR) is 144 cm³/mol. The molecule has 0 amide bonds. The summed E-state index contributed by atoms with van der Waals surface area (Å²) in [6.45, 7) is 9.63. The van der Waals surface area contributed by atoms with Crippen LogP contribution in [0.1, 0.15) is 39.2 Å². The van der Waals surface area contributed by atoms with Crippen molar-refractivity contribution in [1.82, 2.24) is 15.3 Å². The molecule has 0 unspecified atom stereocenters. The Morgan fingerprint density at radius 3 is 2.44 bits per heavy atom. The normalized spacial score (nSPS) is 14.9. The van der Waals surface area contributed by atoms with Crippen molar-refractivity contribution in [3.05, 3.63) is 60.3 Å². The van der Waals surface area contributed by atoms with Gasteiger partial charge in [0.2, 0.25) is 5.95 Å². The van der Waals surface area contributed by atoms with Gasteiger partial charge in [-0.15, -0.1) is 0 Å². The van der Waals surface area contributed by atoms with Gasteiger partial charge in [-0.25, -0.2) is 13.4 Å². The third-order valence-electron chi connectivity index (χ3n) is 5.75. The number of benzene rings is 2. The zero-order valence-corrected chi connectivity index (χ0v) is 22.2. The molecule has 36 heavy (non-hydrogen) atoms. The van der Waals surface area contributed by atoms with E-state index < -0.39 is 9.84 Å². The second-order valence-corrected chi connectivity index (χ2v) is 12.4. The van der Waals surface area contributed by atoms with Crippen LogP contribution in [0.5, 0.6) is 5.75 Å². The van der Waals surface area contributed by atoms with Crippen molar-refractivity contribution in [3.63, 3.8) is 0 Å². The maximum absolute atomic E-state index is 12.8. The lowest BCUT2D eigenvalue weighted by Gasteiger charge is -2.23. The smallest absolute Gasteiger partial charge is 0.229 e. The molecule has 4 rings (SSSR count). The van der Waals surface area contributed by atoms with E-state index in [-0.39, 0.29) is 17.3 Å². The van der Waals surface area contributed by atoms with Crippen LogP contribution < -0.4 is 20.7 Å². The SMILES string of the molecule is Cc1cnc(Nc2ccc(OC3CCNCC3)cc2)nc1Nc1cccc(S(=O)(=O)CC(C)(C)C)c1. The zero-order chi connectivity index (χ0) is 25.8. The molecular formula is C27H35N5O3S. The highest BCUT2D eigenvalue weighted by Gasteiger charge is 2.23. The van der Waals surface area contributed by atoms with Gasteiger partial charge in [0, 0.05) is 23.1 Å². The lowest BCUT2D eigenvalue weighted by Crippen LogP contribution is -2.34. The lowest BCUT2D eigenvalue weighted by atomic mass is 10.0. The Morgan fingerprint density at radius 2 is 1.75 bits per heavy atom. The topological polar surface area (TPSA) is 105 Å². The standard InChI is InChI=1S/C27H35N5O3S/c1-19-17-29-26(31-20-8-10-22(11-9-20)35-23-12-14-28-15-13-23)32-25(19)30-21-6-5-7-24(16-21)36(33,34)18-27(2,3)4/h5-11,16-17,23,28H,12-15,18H2,1-4H3,(H2,29,30,31,32). The number of ether oxygens (including phenoxy) is 1. The first-order valence-electron chi connectivity index (χ1n) is 12.3. The maximum Gasteiger partial charge on any atom is 0.229 e. The van der Waals surface area contributed by atoms with Crippen LogP contribution in [0.4, 0.5) is 23.1 Å². The summed E-state index contributed by atoms with van der Waals surface area (Å²) in [7, 11) is -3.40. The van der Waals surface area contributed by atoms with E-state index in [1.807, 2.05) is 58.0 Å². The van der Waals surface area contributed by atoms with Crippen LogP contribution in [0.2, 0.25) is 0 Å². The summed E-state index contributed by atoms with van der Waals surface area (Å²) in [5, 5.41) is 9.82. The average Bonchev–Trinajstić information content (AvgIpc) is 2.82. The van der Waals surface area contributed by atoms with Crippen molar-refractivity contribution in [2.75, 3.05) is 29.5 Å². The molecule has 1 aliphatic heterocycles. The second-order valence-electron chi connectivity index (χ2n) is 10.4. The van der Waals surface area contributed by atoms with E-state index in [9.17, 15) is 8.42 Å². The Bertz CT molecular complexity index is 1280. The number of nitrogens with zero attached hydrogens (tertiary/aromatic N) is 2. The molecule has 1 saturated heterocycles. The van der Waals surface area contributed by atoms with Gasteiger partial charge in [-0.2, -0.15) is 4.98 Å². The number of hydrogen-bond acceptors (Lipinski definition) is 8.